The SMILES string of the molecule is CCCC[C@@H]1O[C@H]1/C=C/C=C/C=C\C/C=C\C=C\C(O)CC. The van der Waals surface area contributed by atoms with Gasteiger partial charge in [0.15, 0.2) is 0 Å². The molecule has 1 unspecified atom stereocenters. The molecule has 1 rings (SSSR count). The summed E-state index contributed by atoms with van der Waals surface area (Å²) in [5, 5.41) is 9.32. The van der Waals surface area contributed by atoms with Crippen LogP contribution in [0.1, 0.15) is 46.0 Å². The highest BCUT2D eigenvalue weighted by Crippen LogP contribution is 2.27. The van der Waals surface area contributed by atoms with Crippen LogP contribution < -0.4 is 0 Å². The van der Waals surface area contributed by atoms with E-state index in [1.165, 1.54) is 19.3 Å². The van der Waals surface area contributed by atoms with Crippen LogP contribution in [0.4, 0.5) is 0 Å². The molecule has 1 saturated heterocycles. The Hall–Kier alpha value is -1.38. The number of hydrogen-bond donors (Lipinski definition) is 1. The third-order valence-corrected chi connectivity index (χ3v) is 3.51. The lowest BCUT2D eigenvalue weighted by atomic mass is 10.1. The molecule has 3 atom stereocenters. The van der Waals surface area contributed by atoms with Gasteiger partial charge in [-0.3, -0.25) is 0 Å². The second-order valence-corrected chi connectivity index (χ2v) is 5.50. The van der Waals surface area contributed by atoms with Crippen molar-refractivity contribution in [1.29, 1.82) is 0 Å². The third kappa shape index (κ3) is 9.54. The molecule has 0 aromatic heterocycles. The largest absolute Gasteiger partial charge is 0.389 e. The van der Waals surface area contributed by atoms with E-state index in [1.807, 2.05) is 37.3 Å². The predicted molar refractivity (Wildman–Crippen MR) is 94.8 cm³/mol. The lowest BCUT2D eigenvalue weighted by Gasteiger charge is -1.95. The molecular weight excluding hydrogens is 272 g/mol. The van der Waals surface area contributed by atoms with Gasteiger partial charge in [0.25, 0.3) is 0 Å². The molecule has 0 radical (unpaired) electrons. The molecule has 22 heavy (non-hydrogen) atoms. The van der Waals surface area contributed by atoms with Gasteiger partial charge in [0.2, 0.25) is 0 Å². The maximum Gasteiger partial charge on any atom is 0.103 e. The summed E-state index contributed by atoms with van der Waals surface area (Å²) >= 11 is 0. The quantitative estimate of drug-likeness (QED) is 0.435. The van der Waals surface area contributed by atoms with Gasteiger partial charge in [0, 0.05) is 0 Å². The fraction of sp³-hybridized carbons (Fsp3) is 0.500. The molecule has 2 heteroatoms. The summed E-state index contributed by atoms with van der Waals surface area (Å²) in [6.07, 6.45) is 25.9. The van der Waals surface area contributed by atoms with E-state index >= 15 is 0 Å². The molecule has 1 aliphatic heterocycles. The Kier molecular flexibility index (Phi) is 10.3. The maximum absolute atomic E-state index is 9.32. The van der Waals surface area contributed by atoms with E-state index in [9.17, 15) is 5.11 Å². The molecule has 1 N–H and O–H groups in total. The van der Waals surface area contributed by atoms with Crippen LogP contribution in [-0.4, -0.2) is 23.4 Å². The summed E-state index contributed by atoms with van der Waals surface area (Å²) in [6.45, 7) is 4.17. The zero-order valence-electron chi connectivity index (χ0n) is 13.9. The van der Waals surface area contributed by atoms with Crippen LogP contribution in [0.15, 0.2) is 60.8 Å². The number of rotatable bonds is 11. The number of epoxide rings is 1. The van der Waals surface area contributed by atoms with Gasteiger partial charge in [-0.25, -0.2) is 0 Å². The Balaban J connectivity index is 2.06. The first-order valence-corrected chi connectivity index (χ1v) is 8.44. The maximum atomic E-state index is 9.32. The first-order chi connectivity index (χ1) is 10.8. The Bertz CT molecular complexity index is 415. The monoisotopic (exact) mass is 302 g/mol. The van der Waals surface area contributed by atoms with Gasteiger partial charge in [0.05, 0.1) is 12.2 Å². The van der Waals surface area contributed by atoms with Crippen molar-refractivity contribution in [2.75, 3.05) is 0 Å². The van der Waals surface area contributed by atoms with Crippen molar-refractivity contribution < 1.29 is 9.84 Å². The van der Waals surface area contributed by atoms with E-state index < -0.39 is 0 Å². The molecule has 0 saturated carbocycles. The number of allylic oxidation sites excluding steroid dienone is 8. The second-order valence-electron chi connectivity index (χ2n) is 5.50. The van der Waals surface area contributed by atoms with Gasteiger partial charge in [-0.2, -0.15) is 0 Å². The van der Waals surface area contributed by atoms with Gasteiger partial charge in [-0.15, -0.1) is 0 Å². The van der Waals surface area contributed by atoms with Crippen LogP contribution in [0.5, 0.6) is 0 Å². The molecule has 0 bridgehead atoms. The molecule has 1 aliphatic rings. The predicted octanol–water partition coefficient (Wildman–Crippen LogP) is 4.89. The van der Waals surface area contributed by atoms with Gasteiger partial charge in [-0.1, -0.05) is 87.4 Å². The summed E-state index contributed by atoms with van der Waals surface area (Å²) in [5.74, 6) is 0. The molecule has 0 spiro atoms. The second kappa shape index (κ2) is 12.2. The van der Waals surface area contributed by atoms with Crippen LogP contribution in [0.3, 0.4) is 0 Å². The number of ether oxygens (including phenoxy) is 1. The number of unbranched alkanes of at least 4 members (excludes halogenated alkanes) is 1. The molecule has 1 heterocycles. The number of aliphatic hydroxyl groups excluding tert-OH is 1. The first-order valence-electron chi connectivity index (χ1n) is 8.44. The van der Waals surface area contributed by atoms with Crippen molar-refractivity contribution >= 4 is 0 Å². The average Bonchev–Trinajstić information content (AvgIpc) is 3.28. The smallest absolute Gasteiger partial charge is 0.103 e. The number of aliphatic hydroxyl groups is 1. The lowest BCUT2D eigenvalue weighted by molar-refractivity contribution is 0.219. The van der Waals surface area contributed by atoms with Gasteiger partial charge in [0.1, 0.15) is 6.10 Å². The highest BCUT2D eigenvalue weighted by atomic mass is 16.6. The lowest BCUT2D eigenvalue weighted by Crippen LogP contribution is -1.97. The normalized spacial score (nSPS) is 23.8. The standard InChI is InChI=1S/C20H30O2/c1-3-5-16-19-20(22-19)17-14-12-10-8-6-7-9-11-13-15-18(21)4-2/h6,8-15,17-21H,3-5,7,16H2,1-2H3/b8-6-,11-9-,12-10+,15-13+,17-14+/t18?,19-,20-/m0/s1. The van der Waals surface area contributed by atoms with Crippen molar-refractivity contribution in [3.63, 3.8) is 0 Å². The Morgan fingerprint density at radius 1 is 1.00 bits per heavy atom. The van der Waals surface area contributed by atoms with E-state index in [4.69, 9.17) is 4.74 Å². The van der Waals surface area contributed by atoms with Crippen LogP contribution in [-0.2, 0) is 4.74 Å². The minimum Gasteiger partial charge on any atom is -0.389 e. The molecule has 122 valence electrons. The van der Waals surface area contributed by atoms with Crippen LogP contribution in [0, 0.1) is 0 Å². The molecule has 0 aliphatic carbocycles. The van der Waals surface area contributed by atoms with Crippen molar-refractivity contribution in [3.8, 4) is 0 Å². The Labute approximate surface area is 135 Å². The highest BCUT2D eigenvalue weighted by Gasteiger charge is 2.34. The fourth-order valence-corrected chi connectivity index (χ4v) is 1.99. The minimum absolute atomic E-state index is 0.327. The summed E-state index contributed by atoms with van der Waals surface area (Å²) < 4.78 is 5.55. The number of hydrogen-bond acceptors (Lipinski definition) is 2. The molecule has 1 fully saturated rings. The molecule has 0 aromatic rings. The minimum atomic E-state index is -0.327. The van der Waals surface area contributed by atoms with E-state index in [1.54, 1.807) is 6.08 Å². The summed E-state index contributed by atoms with van der Waals surface area (Å²) in [5.41, 5.74) is 0. The molecule has 2 nitrogen and oxygen atoms in total. The van der Waals surface area contributed by atoms with E-state index in [2.05, 4.69) is 31.2 Å². The van der Waals surface area contributed by atoms with Crippen molar-refractivity contribution in [1.82, 2.24) is 0 Å². The van der Waals surface area contributed by atoms with Gasteiger partial charge >= 0.3 is 0 Å². The van der Waals surface area contributed by atoms with E-state index in [-0.39, 0.29) is 6.10 Å². The van der Waals surface area contributed by atoms with Crippen molar-refractivity contribution in [3.05, 3.63) is 60.8 Å². The van der Waals surface area contributed by atoms with Crippen molar-refractivity contribution in [2.24, 2.45) is 0 Å². The van der Waals surface area contributed by atoms with E-state index in [0.29, 0.717) is 12.2 Å². The zero-order chi connectivity index (χ0) is 16.0. The fourth-order valence-electron chi connectivity index (χ4n) is 1.99. The Morgan fingerprint density at radius 3 is 2.45 bits per heavy atom. The van der Waals surface area contributed by atoms with Crippen molar-refractivity contribution in [2.45, 2.75) is 64.3 Å². The third-order valence-electron chi connectivity index (χ3n) is 3.51. The van der Waals surface area contributed by atoms with Gasteiger partial charge < -0.3 is 9.84 Å². The van der Waals surface area contributed by atoms with Crippen LogP contribution >= 0.6 is 0 Å². The average molecular weight is 302 g/mol. The zero-order valence-corrected chi connectivity index (χ0v) is 13.9. The topological polar surface area (TPSA) is 32.8 Å². The summed E-state index contributed by atoms with van der Waals surface area (Å²) in [4.78, 5) is 0. The summed E-state index contributed by atoms with van der Waals surface area (Å²) in [7, 11) is 0. The molecule has 0 amide bonds. The summed E-state index contributed by atoms with van der Waals surface area (Å²) in [6, 6.07) is 0. The molecule has 0 aromatic carbocycles. The van der Waals surface area contributed by atoms with E-state index in [0.717, 1.165) is 12.8 Å². The van der Waals surface area contributed by atoms with Crippen LogP contribution in [0.25, 0.3) is 0 Å². The Morgan fingerprint density at radius 2 is 1.73 bits per heavy atom. The molecular formula is C20H30O2. The first kappa shape index (κ1) is 18.7. The van der Waals surface area contributed by atoms with Gasteiger partial charge in [-0.05, 0) is 19.3 Å². The van der Waals surface area contributed by atoms with Crippen LogP contribution in [0.2, 0.25) is 0 Å². The highest BCUT2D eigenvalue weighted by molar-refractivity contribution is 5.15.